The van der Waals surface area contributed by atoms with E-state index in [0.29, 0.717) is 22.0 Å². The molecule has 0 saturated heterocycles. The van der Waals surface area contributed by atoms with Crippen LogP contribution in [0.5, 0.6) is 0 Å². The van der Waals surface area contributed by atoms with Crippen molar-refractivity contribution >= 4 is 29.3 Å². The van der Waals surface area contributed by atoms with Crippen LogP contribution in [0.2, 0.25) is 0 Å². The van der Waals surface area contributed by atoms with Gasteiger partial charge in [0.2, 0.25) is 11.8 Å². The standard InChI is InChI=1S/C19H17N3O3S/c1-12-4-6-13(7-5-12)21-18(24)11-26-19-15(10-20)14(9-17(23)22-19)16-3-2-8-25-16/h2-8,14H,9,11H2,1H3,(H,21,24)(H,22,23)/t14-/m1/s1. The number of hydrogen-bond donors (Lipinski definition) is 2. The molecule has 0 spiro atoms. The zero-order valence-corrected chi connectivity index (χ0v) is 14.9. The number of nitriles is 1. The minimum atomic E-state index is -0.425. The van der Waals surface area contributed by atoms with Gasteiger partial charge in [0.15, 0.2) is 0 Å². The Morgan fingerprint density at radius 3 is 2.81 bits per heavy atom. The average Bonchev–Trinajstić information content (AvgIpc) is 3.16. The third-order valence-electron chi connectivity index (χ3n) is 3.93. The van der Waals surface area contributed by atoms with Gasteiger partial charge in [-0.25, -0.2) is 0 Å². The van der Waals surface area contributed by atoms with E-state index >= 15 is 0 Å². The lowest BCUT2D eigenvalue weighted by Gasteiger charge is -2.23. The molecule has 2 amide bonds. The number of benzene rings is 1. The minimum absolute atomic E-state index is 0.0829. The van der Waals surface area contributed by atoms with Gasteiger partial charge in [0, 0.05) is 12.1 Å². The molecule has 0 aliphatic carbocycles. The van der Waals surface area contributed by atoms with Crippen LogP contribution in [-0.2, 0) is 9.59 Å². The van der Waals surface area contributed by atoms with E-state index in [1.54, 1.807) is 12.1 Å². The lowest BCUT2D eigenvalue weighted by atomic mass is 9.92. The molecule has 0 fully saturated rings. The molecule has 1 aromatic heterocycles. The summed E-state index contributed by atoms with van der Waals surface area (Å²) >= 11 is 1.14. The molecule has 0 bridgehead atoms. The smallest absolute Gasteiger partial charge is 0.234 e. The third-order valence-corrected chi connectivity index (χ3v) is 4.94. The first-order valence-electron chi connectivity index (χ1n) is 8.03. The minimum Gasteiger partial charge on any atom is -0.469 e. The van der Waals surface area contributed by atoms with Crippen molar-refractivity contribution in [2.45, 2.75) is 19.3 Å². The maximum absolute atomic E-state index is 12.2. The summed E-state index contributed by atoms with van der Waals surface area (Å²) in [6.45, 7) is 1.97. The number of amides is 2. The van der Waals surface area contributed by atoms with Gasteiger partial charge in [0.25, 0.3) is 0 Å². The van der Waals surface area contributed by atoms with Crippen LogP contribution in [-0.4, -0.2) is 17.6 Å². The number of carbonyl (C=O) groups is 2. The Balaban J connectivity index is 1.70. The van der Waals surface area contributed by atoms with Gasteiger partial charge in [-0.1, -0.05) is 29.5 Å². The predicted molar refractivity (Wildman–Crippen MR) is 99.1 cm³/mol. The maximum atomic E-state index is 12.2. The molecule has 0 radical (unpaired) electrons. The molecular weight excluding hydrogens is 350 g/mol. The van der Waals surface area contributed by atoms with Crippen molar-refractivity contribution in [3.05, 3.63) is 64.6 Å². The Kier molecular flexibility index (Phi) is 5.44. The number of rotatable bonds is 5. The first-order chi connectivity index (χ1) is 12.6. The molecule has 1 aliphatic heterocycles. The Morgan fingerprint density at radius 2 is 2.15 bits per heavy atom. The average molecular weight is 367 g/mol. The zero-order valence-electron chi connectivity index (χ0n) is 14.1. The Hall–Kier alpha value is -2.98. The molecule has 1 aliphatic rings. The molecule has 2 aromatic rings. The fourth-order valence-electron chi connectivity index (χ4n) is 2.64. The molecule has 3 rings (SSSR count). The van der Waals surface area contributed by atoms with Crippen molar-refractivity contribution in [3.63, 3.8) is 0 Å². The van der Waals surface area contributed by atoms with E-state index < -0.39 is 5.92 Å². The largest absolute Gasteiger partial charge is 0.469 e. The van der Waals surface area contributed by atoms with Crippen LogP contribution >= 0.6 is 11.8 Å². The van der Waals surface area contributed by atoms with Gasteiger partial charge in [0.1, 0.15) is 5.76 Å². The Bertz CT molecular complexity index is 880. The second-order valence-electron chi connectivity index (χ2n) is 5.88. The number of thioether (sulfide) groups is 1. The SMILES string of the molecule is Cc1ccc(NC(=O)CSC2=C(C#N)[C@H](c3ccco3)CC(=O)N2)cc1. The number of aryl methyl sites for hydroxylation is 1. The lowest BCUT2D eigenvalue weighted by Crippen LogP contribution is -2.31. The number of anilines is 1. The quantitative estimate of drug-likeness (QED) is 0.845. The highest BCUT2D eigenvalue weighted by atomic mass is 32.2. The summed E-state index contributed by atoms with van der Waals surface area (Å²) in [7, 11) is 0. The summed E-state index contributed by atoms with van der Waals surface area (Å²) in [4.78, 5) is 24.2. The van der Waals surface area contributed by atoms with E-state index in [-0.39, 0.29) is 24.0 Å². The second-order valence-corrected chi connectivity index (χ2v) is 6.86. The summed E-state index contributed by atoms with van der Waals surface area (Å²) in [5, 5.41) is 15.4. The van der Waals surface area contributed by atoms with Crippen molar-refractivity contribution < 1.29 is 14.0 Å². The fraction of sp³-hybridized carbons (Fsp3) is 0.211. The van der Waals surface area contributed by atoms with Crippen molar-refractivity contribution in [1.29, 1.82) is 5.26 Å². The monoisotopic (exact) mass is 367 g/mol. The van der Waals surface area contributed by atoms with E-state index in [2.05, 4.69) is 16.7 Å². The molecule has 0 unspecified atom stereocenters. The molecule has 0 saturated carbocycles. The van der Waals surface area contributed by atoms with Crippen molar-refractivity contribution in [2.24, 2.45) is 0 Å². The molecular formula is C19H17N3O3S. The summed E-state index contributed by atoms with van der Waals surface area (Å²) in [6, 6.07) is 13.1. The van der Waals surface area contributed by atoms with Gasteiger partial charge in [-0.05, 0) is 31.2 Å². The molecule has 7 heteroatoms. The highest BCUT2D eigenvalue weighted by Crippen LogP contribution is 2.36. The number of nitrogens with zero attached hydrogens (tertiary/aromatic N) is 1. The first-order valence-corrected chi connectivity index (χ1v) is 9.02. The number of nitrogens with one attached hydrogen (secondary N) is 2. The third kappa shape index (κ3) is 4.16. The van der Waals surface area contributed by atoms with Gasteiger partial charge in [-0.3, -0.25) is 9.59 Å². The fourth-order valence-corrected chi connectivity index (χ4v) is 3.51. The molecule has 26 heavy (non-hydrogen) atoms. The summed E-state index contributed by atoms with van der Waals surface area (Å²) in [5.41, 5.74) is 2.22. The van der Waals surface area contributed by atoms with E-state index in [1.807, 2.05) is 31.2 Å². The van der Waals surface area contributed by atoms with Gasteiger partial charge < -0.3 is 15.1 Å². The highest BCUT2D eigenvalue weighted by Gasteiger charge is 2.31. The van der Waals surface area contributed by atoms with Crippen molar-refractivity contribution in [1.82, 2.24) is 5.32 Å². The molecule has 1 aromatic carbocycles. The van der Waals surface area contributed by atoms with Crippen LogP contribution in [0, 0.1) is 18.3 Å². The number of hydrogen-bond acceptors (Lipinski definition) is 5. The molecule has 1 atom stereocenters. The van der Waals surface area contributed by atoms with Gasteiger partial charge in [-0.15, -0.1) is 0 Å². The number of carbonyl (C=O) groups excluding carboxylic acids is 2. The number of furan rings is 1. The van der Waals surface area contributed by atoms with E-state index in [1.165, 1.54) is 6.26 Å². The summed E-state index contributed by atoms with van der Waals surface area (Å²) in [5.74, 6) is -0.186. The van der Waals surface area contributed by atoms with Crippen LogP contribution in [0.4, 0.5) is 5.69 Å². The van der Waals surface area contributed by atoms with Crippen LogP contribution in [0.3, 0.4) is 0 Å². The van der Waals surface area contributed by atoms with E-state index in [9.17, 15) is 14.9 Å². The van der Waals surface area contributed by atoms with Crippen molar-refractivity contribution in [2.75, 3.05) is 11.1 Å². The number of allylic oxidation sites excluding steroid dienone is 1. The Morgan fingerprint density at radius 1 is 1.38 bits per heavy atom. The zero-order chi connectivity index (χ0) is 18.5. The van der Waals surface area contributed by atoms with Gasteiger partial charge in [-0.2, -0.15) is 5.26 Å². The van der Waals surface area contributed by atoms with E-state index in [4.69, 9.17) is 4.42 Å². The predicted octanol–water partition coefficient (Wildman–Crippen LogP) is 3.30. The van der Waals surface area contributed by atoms with Crippen molar-refractivity contribution in [3.8, 4) is 6.07 Å². The van der Waals surface area contributed by atoms with Crippen LogP contribution in [0.25, 0.3) is 0 Å². The topological polar surface area (TPSA) is 95.1 Å². The molecule has 2 heterocycles. The van der Waals surface area contributed by atoms with Gasteiger partial charge >= 0.3 is 0 Å². The summed E-state index contributed by atoms with van der Waals surface area (Å²) in [6.07, 6.45) is 1.66. The normalized spacial score (nSPS) is 16.8. The summed E-state index contributed by atoms with van der Waals surface area (Å²) < 4.78 is 5.36. The van der Waals surface area contributed by atoms with Gasteiger partial charge in [0.05, 0.1) is 34.6 Å². The molecule has 2 N–H and O–H groups in total. The maximum Gasteiger partial charge on any atom is 0.234 e. The van der Waals surface area contributed by atoms with Crippen LogP contribution < -0.4 is 10.6 Å². The van der Waals surface area contributed by atoms with Crippen LogP contribution in [0.15, 0.2) is 57.7 Å². The lowest BCUT2D eigenvalue weighted by molar-refractivity contribution is -0.121. The first kappa shape index (κ1) is 17.8. The highest BCUT2D eigenvalue weighted by molar-refractivity contribution is 8.03. The molecule has 6 nitrogen and oxygen atoms in total. The second kappa shape index (κ2) is 7.93. The van der Waals surface area contributed by atoms with E-state index in [0.717, 1.165) is 17.3 Å². The molecule has 132 valence electrons. The Labute approximate surface area is 155 Å². The van der Waals surface area contributed by atoms with Crippen LogP contribution in [0.1, 0.15) is 23.7 Å².